The molecule has 35 heavy (non-hydrogen) atoms. The topological polar surface area (TPSA) is 63.3 Å². The third-order valence-electron chi connectivity index (χ3n) is 6.48. The average molecular weight is 505 g/mol. The Balaban J connectivity index is 1.47. The van der Waals surface area contributed by atoms with Crippen molar-refractivity contribution in [3.05, 3.63) is 98.4 Å². The zero-order valence-corrected chi connectivity index (χ0v) is 21.8. The van der Waals surface area contributed by atoms with Gasteiger partial charge in [0.15, 0.2) is 5.82 Å². The molecule has 2 unspecified atom stereocenters. The van der Waals surface area contributed by atoms with Crippen LogP contribution in [0.1, 0.15) is 58.7 Å². The predicted molar refractivity (Wildman–Crippen MR) is 143 cm³/mol. The molecular weight excluding hydrogens is 476 g/mol. The van der Waals surface area contributed by atoms with Crippen LogP contribution >= 0.6 is 22.9 Å². The Morgan fingerprint density at radius 2 is 1.77 bits per heavy atom. The van der Waals surface area contributed by atoms with E-state index in [1.807, 2.05) is 31.2 Å². The van der Waals surface area contributed by atoms with Gasteiger partial charge in [0.05, 0.1) is 5.71 Å². The van der Waals surface area contributed by atoms with Gasteiger partial charge in [-0.05, 0) is 62.3 Å². The van der Waals surface area contributed by atoms with Gasteiger partial charge in [-0.25, -0.2) is 0 Å². The molecule has 4 aromatic rings. The number of hydrogen-bond acceptors (Lipinski definition) is 5. The van der Waals surface area contributed by atoms with Crippen LogP contribution in [0.3, 0.4) is 0 Å². The van der Waals surface area contributed by atoms with Gasteiger partial charge < -0.3 is 5.11 Å². The minimum atomic E-state index is -0.127. The van der Waals surface area contributed by atoms with Crippen molar-refractivity contribution in [2.45, 2.75) is 46.1 Å². The molecule has 0 saturated carbocycles. The summed E-state index contributed by atoms with van der Waals surface area (Å²) in [4.78, 5) is 6.37. The number of thiophene rings is 1. The van der Waals surface area contributed by atoms with Gasteiger partial charge in [0, 0.05) is 27.6 Å². The van der Waals surface area contributed by atoms with Crippen molar-refractivity contribution >= 4 is 28.6 Å². The van der Waals surface area contributed by atoms with Gasteiger partial charge in [0.1, 0.15) is 16.9 Å². The first-order valence-corrected chi connectivity index (χ1v) is 13.2. The van der Waals surface area contributed by atoms with Crippen LogP contribution in [0.2, 0.25) is 5.02 Å². The number of aliphatic imine (C=N–C) groups is 1. The lowest BCUT2D eigenvalue weighted by molar-refractivity contribution is 0.237. The Hall–Kier alpha value is -2.80. The molecule has 5 rings (SSSR count). The molecule has 1 aliphatic rings. The molecule has 7 heteroatoms. The number of aryl methyl sites for hydroxylation is 3. The Morgan fingerprint density at radius 1 is 1.03 bits per heavy atom. The number of hydrogen-bond donors (Lipinski definition) is 1. The SMILES string of the molecule is Cc1nnc2n1-c1sc(CCc3ccc(CC(C)CO)cc3)cc1C(c1ccccc1Cl)=NC2C. The summed E-state index contributed by atoms with van der Waals surface area (Å²) in [5.41, 5.74) is 5.51. The van der Waals surface area contributed by atoms with E-state index in [2.05, 4.69) is 58.9 Å². The van der Waals surface area contributed by atoms with Gasteiger partial charge >= 0.3 is 0 Å². The molecule has 0 amide bonds. The molecule has 180 valence electrons. The molecule has 0 saturated heterocycles. The molecule has 3 heterocycles. The van der Waals surface area contributed by atoms with Gasteiger partial charge in [-0.3, -0.25) is 9.56 Å². The molecule has 5 nitrogen and oxygen atoms in total. The summed E-state index contributed by atoms with van der Waals surface area (Å²) in [6.07, 6.45) is 2.79. The Labute approximate surface area is 215 Å². The lowest BCUT2D eigenvalue weighted by atomic mass is 9.99. The molecule has 2 aromatic heterocycles. The fraction of sp³-hybridized carbons (Fsp3) is 0.321. The summed E-state index contributed by atoms with van der Waals surface area (Å²) >= 11 is 8.40. The lowest BCUT2D eigenvalue weighted by Gasteiger charge is -2.09. The van der Waals surface area contributed by atoms with Crippen molar-refractivity contribution < 1.29 is 5.11 Å². The molecule has 0 spiro atoms. The Kier molecular flexibility index (Phi) is 6.87. The van der Waals surface area contributed by atoms with Crippen LogP contribution in [0.5, 0.6) is 0 Å². The summed E-state index contributed by atoms with van der Waals surface area (Å²) in [7, 11) is 0. The second-order valence-electron chi connectivity index (χ2n) is 9.31. The molecular formula is C28H29ClN4OS. The average Bonchev–Trinajstić information content (AvgIpc) is 3.42. The maximum Gasteiger partial charge on any atom is 0.162 e. The van der Waals surface area contributed by atoms with E-state index in [-0.39, 0.29) is 18.6 Å². The standard InChI is InChI=1S/C28H29ClN4OS/c1-17(16-34)14-21-10-8-20(9-11-21)12-13-22-15-24-26(23-6-4-5-7-25(23)29)30-18(2)27-32-31-19(3)33(27)28(24)35-22/h4-11,15,17-18,34H,12-14,16H2,1-3H3. The van der Waals surface area contributed by atoms with Crippen molar-refractivity contribution in [1.29, 1.82) is 0 Å². The number of halogens is 1. The van der Waals surface area contributed by atoms with Crippen LogP contribution < -0.4 is 0 Å². The summed E-state index contributed by atoms with van der Waals surface area (Å²) in [5, 5.41) is 19.9. The van der Waals surface area contributed by atoms with Gasteiger partial charge in [-0.1, -0.05) is 61.0 Å². The normalized spacial score (nSPS) is 15.8. The third-order valence-corrected chi connectivity index (χ3v) is 7.99. The molecule has 0 aliphatic carbocycles. The Morgan fingerprint density at radius 3 is 2.51 bits per heavy atom. The van der Waals surface area contributed by atoms with E-state index in [0.29, 0.717) is 5.02 Å². The van der Waals surface area contributed by atoms with E-state index in [9.17, 15) is 5.11 Å². The maximum atomic E-state index is 9.31. The number of benzene rings is 2. The highest BCUT2D eigenvalue weighted by molar-refractivity contribution is 7.15. The third kappa shape index (κ3) is 4.83. The van der Waals surface area contributed by atoms with Crippen molar-refractivity contribution in [3.8, 4) is 5.00 Å². The predicted octanol–water partition coefficient (Wildman–Crippen LogP) is 6.16. The van der Waals surface area contributed by atoms with Crippen molar-refractivity contribution in [2.24, 2.45) is 10.9 Å². The van der Waals surface area contributed by atoms with Crippen LogP contribution in [0.4, 0.5) is 0 Å². The molecule has 0 fully saturated rings. The second-order valence-corrected chi connectivity index (χ2v) is 10.8. The summed E-state index contributed by atoms with van der Waals surface area (Å²) in [6.45, 7) is 6.33. The van der Waals surface area contributed by atoms with Crippen LogP contribution in [-0.2, 0) is 19.3 Å². The quantitative estimate of drug-likeness (QED) is 0.328. The van der Waals surface area contributed by atoms with Crippen LogP contribution in [0.25, 0.3) is 5.00 Å². The number of aliphatic hydroxyl groups is 1. The van der Waals surface area contributed by atoms with E-state index >= 15 is 0 Å². The van der Waals surface area contributed by atoms with Crippen LogP contribution in [-0.4, -0.2) is 32.2 Å². The number of fused-ring (bicyclic) bond motifs is 3. The maximum absolute atomic E-state index is 9.31. The van der Waals surface area contributed by atoms with E-state index in [4.69, 9.17) is 16.6 Å². The van der Waals surface area contributed by atoms with E-state index in [0.717, 1.165) is 52.8 Å². The van der Waals surface area contributed by atoms with E-state index < -0.39 is 0 Å². The van der Waals surface area contributed by atoms with E-state index in [1.165, 1.54) is 16.0 Å². The molecule has 1 N–H and O–H groups in total. The zero-order valence-electron chi connectivity index (χ0n) is 20.2. The number of rotatable bonds is 7. The molecule has 0 bridgehead atoms. The van der Waals surface area contributed by atoms with Crippen molar-refractivity contribution in [3.63, 3.8) is 0 Å². The fourth-order valence-electron chi connectivity index (χ4n) is 4.56. The molecule has 2 aromatic carbocycles. The zero-order chi connectivity index (χ0) is 24.5. The fourth-order valence-corrected chi connectivity index (χ4v) is 5.99. The van der Waals surface area contributed by atoms with E-state index in [1.54, 1.807) is 11.3 Å². The molecule has 0 radical (unpaired) electrons. The summed E-state index contributed by atoms with van der Waals surface area (Å²) in [5.74, 6) is 2.00. The first kappa shape index (κ1) is 23.9. The smallest absolute Gasteiger partial charge is 0.162 e. The highest BCUT2D eigenvalue weighted by Gasteiger charge is 2.28. The summed E-state index contributed by atoms with van der Waals surface area (Å²) < 4.78 is 2.15. The number of aromatic nitrogens is 3. The second kappa shape index (κ2) is 10.1. The first-order valence-electron chi connectivity index (χ1n) is 12.0. The minimum absolute atomic E-state index is 0.127. The van der Waals surface area contributed by atoms with Crippen molar-refractivity contribution in [2.75, 3.05) is 6.61 Å². The van der Waals surface area contributed by atoms with Crippen LogP contribution in [0, 0.1) is 12.8 Å². The van der Waals surface area contributed by atoms with Gasteiger partial charge in [-0.2, -0.15) is 0 Å². The molecule has 2 atom stereocenters. The first-order chi connectivity index (χ1) is 16.9. The van der Waals surface area contributed by atoms with Gasteiger partial charge in [0.2, 0.25) is 0 Å². The minimum Gasteiger partial charge on any atom is -0.396 e. The number of aliphatic hydroxyl groups excluding tert-OH is 1. The van der Waals surface area contributed by atoms with Gasteiger partial charge in [-0.15, -0.1) is 21.5 Å². The van der Waals surface area contributed by atoms with Crippen molar-refractivity contribution in [1.82, 2.24) is 14.8 Å². The van der Waals surface area contributed by atoms with Crippen LogP contribution in [0.15, 0.2) is 59.6 Å². The lowest BCUT2D eigenvalue weighted by Crippen LogP contribution is -2.05. The summed E-state index contributed by atoms with van der Waals surface area (Å²) in [6, 6.07) is 18.8. The number of nitrogens with zero attached hydrogens (tertiary/aromatic N) is 4. The highest BCUT2D eigenvalue weighted by Crippen LogP contribution is 2.37. The van der Waals surface area contributed by atoms with Gasteiger partial charge in [0.25, 0.3) is 0 Å². The largest absolute Gasteiger partial charge is 0.396 e. The highest BCUT2D eigenvalue weighted by atomic mass is 35.5. The molecule has 1 aliphatic heterocycles. The Bertz CT molecular complexity index is 1370. The monoisotopic (exact) mass is 504 g/mol.